The van der Waals surface area contributed by atoms with Gasteiger partial charge in [-0.25, -0.2) is 18.2 Å². The van der Waals surface area contributed by atoms with Crippen LogP contribution in [-0.4, -0.2) is 9.38 Å². The fourth-order valence-electron chi connectivity index (χ4n) is 3.55. The molecule has 0 saturated heterocycles. The molecule has 1 aliphatic carbocycles. The average Bonchev–Trinajstić information content (AvgIpc) is 3.31. The molecule has 7 heteroatoms. The molecule has 0 amide bonds. The first-order chi connectivity index (χ1) is 14.6. The number of fused-ring (bicyclic) bond motifs is 1. The Morgan fingerprint density at radius 2 is 1.80 bits per heavy atom. The zero-order valence-corrected chi connectivity index (χ0v) is 16.5. The summed E-state index contributed by atoms with van der Waals surface area (Å²) >= 11 is 1.45. The number of halogens is 3. The number of rotatable bonds is 4. The van der Waals surface area contributed by atoms with E-state index in [2.05, 4.69) is 22.5 Å². The maximum absolute atomic E-state index is 14.6. The molecule has 0 unspecified atom stereocenters. The van der Waals surface area contributed by atoms with Gasteiger partial charge < -0.3 is 5.32 Å². The largest absolute Gasteiger partial charge is 0.339 e. The van der Waals surface area contributed by atoms with Crippen LogP contribution in [0.25, 0.3) is 21.8 Å². The van der Waals surface area contributed by atoms with E-state index in [1.54, 1.807) is 12.1 Å². The number of imidazole rings is 1. The summed E-state index contributed by atoms with van der Waals surface area (Å²) in [5.41, 5.74) is 3.31. The molecule has 2 heterocycles. The van der Waals surface area contributed by atoms with Crippen molar-refractivity contribution in [2.75, 3.05) is 5.32 Å². The molecule has 30 heavy (non-hydrogen) atoms. The Morgan fingerprint density at radius 3 is 2.53 bits per heavy atom. The molecule has 2 aromatic heterocycles. The quantitative estimate of drug-likeness (QED) is 0.385. The normalized spacial score (nSPS) is 13.6. The third-order valence-corrected chi connectivity index (χ3v) is 5.83. The lowest BCUT2D eigenvalue weighted by atomic mass is 10.0. The monoisotopic (exact) mass is 423 g/mol. The molecule has 0 bridgehead atoms. The highest BCUT2D eigenvalue weighted by Crippen LogP contribution is 2.38. The Labute approximate surface area is 174 Å². The molecule has 0 saturated carbocycles. The van der Waals surface area contributed by atoms with Gasteiger partial charge in [0.05, 0.1) is 5.69 Å². The molecule has 0 atom stereocenters. The van der Waals surface area contributed by atoms with Crippen molar-refractivity contribution >= 4 is 33.4 Å². The molecular weight excluding hydrogens is 407 g/mol. The minimum absolute atomic E-state index is 0.195. The summed E-state index contributed by atoms with van der Waals surface area (Å²) in [7, 11) is 0. The van der Waals surface area contributed by atoms with Gasteiger partial charge >= 0.3 is 0 Å². The smallest absolute Gasteiger partial charge is 0.196 e. The molecule has 150 valence electrons. The molecule has 3 nitrogen and oxygen atoms in total. The number of nitrogens with one attached hydrogen (secondary N) is 1. The lowest BCUT2D eigenvalue weighted by molar-refractivity contribution is 0.585. The van der Waals surface area contributed by atoms with E-state index in [0.29, 0.717) is 22.2 Å². The predicted molar refractivity (Wildman–Crippen MR) is 114 cm³/mol. The van der Waals surface area contributed by atoms with Crippen molar-refractivity contribution in [3.05, 3.63) is 89.2 Å². The lowest BCUT2D eigenvalue weighted by Crippen LogP contribution is -2.01. The first-order valence-electron chi connectivity index (χ1n) is 9.44. The molecule has 0 radical (unpaired) electrons. The van der Waals surface area contributed by atoms with Crippen LogP contribution >= 0.6 is 11.3 Å². The van der Waals surface area contributed by atoms with Crippen LogP contribution < -0.4 is 5.32 Å². The Bertz CT molecular complexity index is 1300. The summed E-state index contributed by atoms with van der Waals surface area (Å²) in [4.78, 5) is 5.32. The fourth-order valence-corrected chi connectivity index (χ4v) is 4.47. The van der Waals surface area contributed by atoms with Crippen LogP contribution in [0.5, 0.6) is 0 Å². The van der Waals surface area contributed by atoms with E-state index in [-0.39, 0.29) is 11.4 Å². The molecular formula is C23H16F3N3S. The number of thiazole rings is 1. The van der Waals surface area contributed by atoms with Gasteiger partial charge in [-0.3, -0.25) is 4.40 Å². The van der Waals surface area contributed by atoms with E-state index in [4.69, 9.17) is 0 Å². The molecule has 0 spiro atoms. The van der Waals surface area contributed by atoms with E-state index in [1.807, 2.05) is 15.9 Å². The van der Waals surface area contributed by atoms with Crippen LogP contribution in [0.4, 0.5) is 24.7 Å². The SMILES string of the molecule is Fc1ccc(Nc2c(-c3ccc(F)cc3F)nc3scc(C4=CC=CCC4)n23)cc1. The summed E-state index contributed by atoms with van der Waals surface area (Å²) in [5.74, 6) is -1.14. The predicted octanol–water partition coefficient (Wildman–Crippen LogP) is 6.96. The number of nitrogens with zero attached hydrogens (tertiary/aromatic N) is 2. The van der Waals surface area contributed by atoms with E-state index < -0.39 is 11.6 Å². The van der Waals surface area contributed by atoms with Gasteiger partial charge in [-0.05, 0) is 54.8 Å². The highest BCUT2D eigenvalue weighted by molar-refractivity contribution is 7.15. The third kappa shape index (κ3) is 3.31. The van der Waals surface area contributed by atoms with Gasteiger partial charge in [0.15, 0.2) is 4.96 Å². The third-order valence-electron chi connectivity index (χ3n) is 5.00. The van der Waals surface area contributed by atoms with Crippen molar-refractivity contribution in [2.45, 2.75) is 12.8 Å². The number of hydrogen-bond donors (Lipinski definition) is 1. The van der Waals surface area contributed by atoms with Crippen molar-refractivity contribution in [1.82, 2.24) is 9.38 Å². The Morgan fingerprint density at radius 1 is 1.00 bits per heavy atom. The highest BCUT2D eigenvalue weighted by atomic mass is 32.1. The van der Waals surface area contributed by atoms with Gasteiger partial charge in [-0.2, -0.15) is 0 Å². The van der Waals surface area contributed by atoms with Crippen molar-refractivity contribution in [1.29, 1.82) is 0 Å². The summed E-state index contributed by atoms with van der Waals surface area (Å²) in [5, 5.41) is 5.29. The first-order valence-corrected chi connectivity index (χ1v) is 10.3. The van der Waals surface area contributed by atoms with Crippen LogP contribution in [0.2, 0.25) is 0 Å². The second-order valence-electron chi connectivity index (χ2n) is 6.96. The maximum Gasteiger partial charge on any atom is 0.196 e. The summed E-state index contributed by atoms with van der Waals surface area (Å²) < 4.78 is 43.4. The van der Waals surface area contributed by atoms with Gasteiger partial charge in [0.1, 0.15) is 29.0 Å². The minimum Gasteiger partial charge on any atom is -0.339 e. The molecule has 5 rings (SSSR count). The zero-order chi connectivity index (χ0) is 20.7. The van der Waals surface area contributed by atoms with Crippen LogP contribution in [0.3, 0.4) is 0 Å². The second-order valence-corrected chi connectivity index (χ2v) is 7.80. The van der Waals surface area contributed by atoms with Gasteiger partial charge in [0, 0.05) is 22.7 Å². The van der Waals surface area contributed by atoms with Gasteiger partial charge in [0.2, 0.25) is 0 Å². The van der Waals surface area contributed by atoms with Gasteiger partial charge in [-0.1, -0.05) is 18.2 Å². The molecule has 1 aliphatic rings. The molecule has 0 aliphatic heterocycles. The molecule has 4 aromatic rings. The Kier molecular flexibility index (Phi) is 4.67. The van der Waals surface area contributed by atoms with Crippen LogP contribution in [0, 0.1) is 17.5 Å². The summed E-state index contributed by atoms with van der Waals surface area (Å²) in [6.07, 6.45) is 8.02. The number of aromatic nitrogens is 2. The van der Waals surface area contributed by atoms with Crippen molar-refractivity contribution in [3.8, 4) is 11.3 Å². The Hall–Kier alpha value is -3.32. The summed E-state index contributed by atoms with van der Waals surface area (Å²) in [6, 6.07) is 9.35. The number of allylic oxidation sites excluding steroid dienone is 4. The minimum atomic E-state index is -0.690. The van der Waals surface area contributed by atoms with Crippen molar-refractivity contribution in [2.24, 2.45) is 0 Å². The molecule has 2 aromatic carbocycles. The number of hydrogen-bond acceptors (Lipinski definition) is 3. The number of anilines is 2. The van der Waals surface area contributed by atoms with Crippen molar-refractivity contribution in [3.63, 3.8) is 0 Å². The van der Waals surface area contributed by atoms with Crippen LogP contribution in [0.15, 0.2) is 66.1 Å². The van der Waals surface area contributed by atoms with Gasteiger partial charge in [0.25, 0.3) is 0 Å². The fraction of sp³-hybridized carbons (Fsp3) is 0.0870. The Balaban J connectivity index is 1.73. The molecule has 0 fully saturated rings. The van der Waals surface area contributed by atoms with E-state index in [0.717, 1.165) is 30.2 Å². The zero-order valence-electron chi connectivity index (χ0n) is 15.7. The van der Waals surface area contributed by atoms with E-state index in [1.165, 1.54) is 35.6 Å². The maximum atomic E-state index is 14.6. The first kappa shape index (κ1) is 18.7. The standard InChI is InChI=1S/C23H16F3N3S/c24-15-6-9-17(10-7-15)27-22-21(18-11-8-16(25)12-19(18)26)28-23-29(22)20(13-30-23)14-4-2-1-3-5-14/h1-2,4,6-13,27H,3,5H2. The van der Waals surface area contributed by atoms with Crippen LogP contribution in [0.1, 0.15) is 18.5 Å². The average molecular weight is 423 g/mol. The lowest BCUT2D eigenvalue weighted by Gasteiger charge is -2.13. The topological polar surface area (TPSA) is 29.3 Å². The van der Waals surface area contributed by atoms with E-state index >= 15 is 0 Å². The van der Waals surface area contributed by atoms with Crippen molar-refractivity contribution < 1.29 is 13.2 Å². The summed E-state index contributed by atoms with van der Waals surface area (Å²) in [6.45, 7) is 0. The second kappa shape index (κ2) is 7.50. The highest BCUT2D eigenvalue weighted by Gasteiger charge is 2.22. The number of benzene rings is 2. The van der Waals surface area contributed by atoms with Crippen LogP contribution in [-0.2, 0) is 0 Å². The van der Waals surface area contributed by atoms with E-state index in [9.17, 15) is 13.2 Å². The van der Waals surface area contributed by atoms with Gasteiger partial charge in [-0.15, -0.1) is 11.3 Å². The molecule has 1 N–H and O–H groups in total.